The van der Waals surface area contributed by atoms with Gasteiger partial charge in [0.25, 0.3) is 0 Å². The number of hydrogen-bond acceptors (Lipinski definition) is 3. The highest BCUT2D eigenvalue weighted by molar-refractivity contribution is 7.98. The van der Waals surface area contributed by atoms with Crippen molar-refractivity contribution in [2.75, 3.05) is 18.6 Å². The van der Waals surface area contributed by atoms with E-state index < -0.39 is 6.61 Å². The van der Waals surface area contributed by atoms with Crippen LogP contribution in [0.2, 0.25) is 0 Å². The Hall–Kier alpha value is -0.810. The molecule has 0 unspecified atom stereocenters. The molecule has 108 valence electrons. The molecular weight excluding hydrogens is 268 g/mol. The minimum atomic E-state index is -2.77. The predicted molar refractivity (Wildman–Crippen MR) is 77.0 cm³/mol. The average molecular weight is 289 g/mol. The van der Waals surface area contributed by atoms with Crippen LogP contribution in [0.25, 0.3) is 0 Å². The summed E-state index contributed by atoms with van der Waals surface area (Å²) in [5.74, 6) is 1.46. The van der Waals surface area contributed by atoms with Gasteiger partial charge in [0.05, 0.1) is 0 Å². The summed E-state index contributed by atoms with van der Waals surface area (Å²) in [7, 11) is 0. The molecule has 1 rings (SSSR count). The van der Waals surface area contributed by atoms with Crippen molar-refractivity contribution < 1.29 is 13.5 Å². The van der Waals surface area contributed by atoms with E-state index in [0.29, 0.717) is 6.54 Å². The summed E-state index contributed by atoms with van der Waals surface area (Å²) in [6.45, 7) is -1.31. The van der Waals surface area contributed by atoms with Gasteiger partial charge in [-0.15, -0.1) is 0 Å². The SMILES string of the molecule is CSCCCCCNCc1ccccc1OC(F)F. The molecule has 0 atom stereocenters. The van der Waals surface area contributed by atoms with Crippen LogP contribution in [-0.4, -0.2) is 25.2 Å². The topological polar surface area (TPSA) is 21.3 Å². The standard InChI is InChI=1S/C14H21F2NOS/c1-19-10-6-2-5-9-17-11-12-7-3-4-8-13(12)18-14(15)16/h3-4,7-8,14,17H,2,5-6,9-11H2,1H3. The number of rotatable bonds is 10. The van der Waals surface area contributed by atoms with Gasteiger partial charge in [0.15, 0.2) is 0 Å². The smallest absolute Gasteiger partial charge is 0.387 e. The maximum atomic E-state index is 12.2. The molecule has 0 fully saturated rings. The van der Waals surface area contributed by atoms with Crippen LogP contribution in [0.15, 0.2) is 24.3 Å². The summed E-state index contributed by atoms with van der Waals surface area (Å²) in [6.07, 6.45) is 5.65. The Bertz CT molecular complexity index is 350. The highest BCUT2D eigenvalue weighted by atomic mass is 32.2. The van der Waals surface area contributed by atoms with E-state index in [-0.39, 0.29) is 5.75 Å². The number of hydrogen-bond donors (Lipinski definition) is 1. The molecule has 0 spiro atoms. The van der Waals surface area contributed by atoms with E-state index in [2.05, 4.69) is 16.3 Å². The van der Waals surface area contributed by atoms with Crippen molar-refractivity contribution in [3.8, 4) is 5.75 Å². The van der Waals surface area contributed by atoms with Crippen molar-refractivity contribution in [2.24, 2.45) is 0 Å². The second-order valence-electron chi connectivity index (χ2n) is 4.22. The molecule has 2 nitrogen and oxygen atoms in total. The van der Waals surface area contributed by atoms with Crippen LogP contribution >= 0.6 is 11.8 Å². The van der Waals surface area contributed by atoms with Crippen molar-refractivity contribution in [3.63, 3.8) is 0 Å². The van der Waals surface area contributed by atoms with E-state index in [1.165, 1.54) is 18.6 Å². The lowest BCUT2D eigenvalue weighted by Gasteiger charge is -2.11. The number of halogens is 2. The molecule has 19 heavy (non-hydrogen) atoms. The summed E-state index contributed by atoms with van der Waals surface area (Å²) in [5, 5.41) is 3.26. The third-order valence-electron chi connectivity index (χ3n) is 2.71. The maximum absolute atomic E-state index is 12.2. The van der Waals surface area contributed by atoms with Crippen molar-refractivity contribution in [1.29, 1.82) is 0 Å². The molecule has 0 amide bonds. The second kappa shape index (κ2) is 10.0. The molecule has 0 saturated heterocycles. The first-order valence-corrected chi connectivity index (χ1v) is 7.86. The van der Waals surface area contributed by atoms with Crippen molar-refractivity contribution in [1.82, 2.24) is 5.32 Å². The third kappa shape index (κ3) is 7.38. The Balaban J connectivity index is 2.25. The molecule has 1 N–H and O–H groups in total. The maximum Gasteiger partial charge on any atom is 0.387 e. The van der Waals surface area contributed by atoms with Gasteiger partial charge in [0, 0.05) is 12.1 Å². The normalized spacial score (nSPS) is 10.9. The van der Waals surface area contributed by atoms with E-state index in [1.807, 2.05) is 17.8 Å². The van der Waals surface area contributed by atoms with E-state index in [1.54, 1.807) is 18.2 Å². The van der Waals surface area contributed by atoms with Crippen LogP contribution in [0.1, 0.15) is 24.8 Å². The van der Waals surface area contributed by atoms with Gasteiger partial charge in [-0.25, -0.2) is 0 Å². The fourth-order valence-corrected chi connectivity index (χ4v) is 2.25. The number of nitrogens with one attached hydrogen (secondary N) is 1. The number of alkyl halides is 2. The lowest BCUT2D eigenvalue weighted by molar-refractivity contribution is -0.0504. The number of ether oxygens (including phenoxy) is 1. The minimum absolute atomic E-state index is 0.257. The molecule has 0 bridgehead atoms. The van der Waals surface area contributed by atoms with Gasteiger partial charge < -0.3 is 10.1 Å². The second-order valence-corrected chi connectivity index (χ2v) is 5.20. The first kappa shape index (κ1) is 16.2. The van der Waals surface area contributed by atoms with Crippen LogP contribution in [-0.2, 0) is 6.54 Å². The number of para-hydroxylation sites is 1. The highest BCUT2D eigenvalue weighted by Gasteiger charge is 2.08. The largest absolute Gasteiger partial charge is 0.434 e. The van der Waals surface area contributed by atoms with E-state index >= 15 is 0 Å². The Morgan fingerprint density at radius 2 is 2.00 bits per heavy atom. The van der Waals surface area contributed by atoms with Crippen LogP contribution in [0.5, 0.6) is 5.75 Å². The molecule has 1 aromatic rings. The number of thioether (sulfide) groups is 1. The van der Waals surface area contributed by atoms with E-state index in [9.17, 15) is 8.78 Å². The molecule has 1 aromatic carbocycles. The van der Waals surface area contributed by atoms with E-state index in [0.717, 1.165) is 18.5 Å². The van der Waals surface area contributed by atoms with E-state index in [4.69, 9.17) is 0 Å². The molecule has 0 saturated carbocycles. The zero-order valence-electron chi connectivity index (χ0n) is 11.2. The van der Waals surface area contributed by atoms with Gasteiger partial charge in [0.1, 0.15) is 5.75 Å². The lowest BCUT2D eigenvalue weighted by atomic mass is 10.2. The minimum Gasteiger partial charge on any atom is -0.434 e. The lowest BCUT2D eigenvalue weighted by Crippen LogP contribution is -2.16. The Labute approximate surface area is 117 Å². The molecule has 0 aliphatic heterocycles. The van der Waals surface area contributed by atoms with Gasteiger partial charge >= 0.3 is 6.61 Å². The van der Waals surface area contributed by atoms with Gasteiger partial charge in [-0.05, 0) is 37.5 Å². The van der Waals surface area contributed by atoms with Gasteiger partial charge in [-0.1, -0.05) is 24.6 Å². The molecule has 0 aromatic heterocycles. The van der Waals surface area contributed by atoms with Gasteiger partial charge in [-0.2, -0.15) is 20.5 Å². The van der Waals surface area contributed by atoms with Crippen molar-refractivity contribution in [3.05, 3.63) is 29.8 Å². The quantitative estimate of drug-likeness (QED) is 0.660. The zero-order chi connectivity index (χ0) is 13.9. The molecule has 0 aliphatic carbocycles. The van der Waals surface area contributed by atoms with Crippen LogP contribution in [0.3, 0.4) is 0 Å². The summed E-state index contributed by atoms with van der Waals surface area (Å²) in [5.41, 5.74) is 0.770. The van der Waals surface area contributed by atoms with Crippen molar-refractivity contribution in [2.45, 2.75) is 32.4 Å². The predicted octanol–water partition coefficient (Wildman–Crippen LogP) is 3.91. The Kier molecular flexibility index (Phi) is 8.58. The van der Waals surface area contributed by atoms with Crippen LogP contribution in [0, 0.1) is 0 Å². The Morgan fingerprint density at radius 1 is 1.21 bits per heavy atom. The van der Waals surface area contributed by atoms with Crippen LogP contribution in [0.4, 0.5) is 8.78 Å². The van der Waals surface area contributed by atoms with Gasteiger partial charge in [0.2, 0.25) is 0 Å². The van der Waals surface area contributed by atoms with Crippen molar-refractivity contribution >= 4 is 11.8 Å². The zero-order valence-corrected chi connectivity index (χ0v) is 12.0. The van der Waals surface area contributed by atoms with Crippen LogP contribution < -0.4 is 10.1 Å². The number of unbranched alkanes of at least 4 members (excludes halogenated alkanes) is 2. The molecule has 5 heteroatoms. The number of benzene rings is 1. The summed E-state index contributed by atoms with van der Waals surface area (Å²) < 4.78 is 28.9. The summed E-state index contributed by atoms with van der Waals surface area (Å²) in [6, 6.07) is 6.90. The Morgan fingerprint density at radius 3 is 2.74 bits per heavy atom. The third-order valence-corrected chi connectivity index (χ3v) is 3.40. The highest BCUT2D eigenvalue weighted by Crippen LogP contribution is 2.19. The molecule has 0 heterocycles. The monoisotopic (exact) mass is 289 g/mol. The molecule has 0 radical (unpaired) electrons. The first-order valence-electron chi connectivity index (χ1n) is 6.46. The van der Waals surface area contributed by atoms with Gasteiger partial charge in [-0.3, -0.25) is 0 Å². The molecular formula is C14H21F2NOS. The fourth-order valence-electron chi connectivity index (χ4n) is 1.76. The first-order chi connectivity index (χ1) is 9.24. The molecule has 0 aliphatic rings. The average Bonchev–Trinajstić information content (AvgIpc) is 2.39. The summed E-state index contributed by atoms with van der Waals surface area (Å²) >= 11 is 1.86. The summed E-state index contributed by atoms with van der Waals surface area (Å²) in [4.78, 5) is 0. The fraction of sp³-hybridized carbons (Fsp3) is 0.571.